The van der Waals surface area contributed by atoms with E-state index in [0.29, 0.717) is 0 Å². The molecule has 2 N–H and O–H groups in total. The van der Waals surface area contributed by atoms with E-state index in [0.717, 1.165) is 25.9 Å². The molecule has 0 aliphatic carbocycles. The smallest absolute Gasteiger partial charge is 0.393 e. The van der Waals surface area contributed by atoms with Gasteiger partial charge in [-0.05, 0) is 33.5 Å². The lowest BCUT2D eigenvalue weighted by Gasteiger charge is -2.37. The van der Waals surface area contributed by atoms with E-state index in [1.165, 1.54) is 0 Å². The number of nitrogens with two attached hydrogens (primary N) is 1. The van der Waals surface area contributed by atoms with Crippen molar-refractivity contribution in [3.63, 3.8) is 0 Å². The van der Waals surface area contributed by atoms with Gasteiger partial charge in [-0.2, -0.15) is 13.2 Å². The lowest BCUT2D eigenvalue weighted by Crippen LogP contribution is -2.50. The van der Waals surface area contributed by atoms with Crippen LogP contribution in [0.5, 0.6) is 0 Å². The number of alkyl halides is 3. The molecule has 106 valence electrons. The minimum Gasteiger partial charge on any atom is -0.393 e. The first-order chi connectivity index (χ1) is 8.21. The molecule has 1 aliphatic rings. The van der Waals surface area contributed by atoms with Gasteiger partial charge in [0.05, 0.1) is 4.99 Å². The summed E-state index contributed by atoms with van der Waals surface area (Å²) in [7, 11) is 3.69. The van der Waals surface area contributed by atoms with Crippen LogP contribution < -0.4 is 5.73 Å². The molecule has 0 radical (unpaired) electrons. The van der Waals surface area contributed by atoms with Crippen molar-refractivity contribution in [2.24, 2.45) is 11.7 Å². The van der Waals surface area contributed by atoms with Crippen LogP contribution in [0.4, 0.5) is 13.2 Å². The Kier molecular flexibility index (Phi) is 5.36. The van der Waals surface area contributed by atoms with Crippen LogP contribution in [0.1, 0.15) is 12.8 Å². The molecule has 3 nitrogen and oxygen atoms in total. The van der Waals surface area contributed by atoms with Crippen LogP contribution in [0.2, 0.25) is 0 Å². The highest BCUT2D eigenvalue weighted by Gasteiger charge is 2.43. The zero-order valence-corrected chi connectivity index (χ0v) is 11.5. The Morgan fingerprint density at radius 2 is 2.17 bits per heavy atom. The number of likely N-dealkylation sites (N-methyl/N-ethyl adjacent to an activating group) is 2. The molecule has 2 atom stereocenters. The first kappa shape index (κ1) is 15.7. The van der Waals surface area contributed by atoms with Crippen LogP contribution in [-0.4, -0.2) is 60.7 Å². The molecule has 18 heavy (non-hydrogen) atoms. The van der Waals surface area contributed by atoms with E-state index in [1.54, 1.807) is 11.9 Å². The number of nitrogens with zero attached hydrogens (tertiary/aromatic N) is 2. The van der Waals surface area contributed by atoms with Crippen molar-refractivity contribution in [1.82, 2.24) is 9.80 Å². The molecule has 0 aromatic heterocycles. The van der Waals surface area contributed by atoms with Crippen molar-refractivity contribution >= 4 is 17.2 Å². The highest BCUT2D eigenvalue weighted by Crippen LogP contribution is 2.28. The second-order valence-electron chi connectivity index (χ2n) is 4.99. The normalized spacial score (nSPS) is 24.2. The van der Waals surface area contributed by atoms with E-state index < -0.39 is 17.1 Å². The summed E-state index contributed by atoms with van der Waals surface area (Å²) in [5.41, 5.74) is 5.20. The zero-order chi connectivity index (χ0) is 13.9. The molecule has 1 rings (SSSR count). The third kappa shape index (κ3) is 4.37. The Morgan fingerprint density at radius 3 is 2.61 bits per heavy atom. The van der Waals surface area contributed by atoms with E-state index in [-0.39, 0.29) is 12.6 Å². The summed E-state index contributed by atoms with van der Waals surface area (Å²) in [5, 5.41) is 0. The van der Waals surface area contributed by atoms with Crippen molar-refractivity contribution in [1.29, 1.82) is 0 Å². The summed E-state index contributed by atoms with van der Waals surface area (Å²) in [6.07, 6.45) is -2.43. The molecule has 0 bridgehead atoms. The predicted molar refractivity (Wildman–Crippen MR) is 69.5 cm³/mol. The lowest BCUT2D eigenvalue weighted by molar-refractivity contribution is -0.160. The monoisotopic (exact) mass is 283 g/mol. The maximum absolute atomic E-state index is 12.8. The topological polar surface area (TPSA) is 32.5 Å². The number of rotatable bonds is 4. The Bertz CT molecular complexity index is 296. The molecule has 7 heteroatoms. The molecule has 1 aliphatic heterocycles. The summed E-state index contributed by atoms with van der Waals surface area (Å²) in [6, 6.07) is 0.142. The van der Waals surface area contributed by atoms with E-state index in [4.69, 9.17) is 5.73 Å². The largest absolute Gasteiger partial charge is 0.399 e. The Balaban J connectivity index is 2.61. The summed E-state index contributed by atoms with van der Waals surface area (Å²) in [5.74, 6) is -1.72. The van der Waals surface area contributed by atoms with Crippen LogP contribution in [0.3, 0.4) is 0 Å². The van der Waals surface area contributed by atoms with Gasteiger partial charge in [-0.25, -0.2) is 0 Å². The van der Waals surface area contributed by atoms with Crippen molar-refractivity contribution in [2.75, 3.05) is 33.7 Å². The summed E-state index contributed by atoms with van der Waals surface area (Å²) < 4.78 is 38.3. The molecule has 0 saturated carbocycles. The maximum Gasteiger partial charge on any atom is 0.399 e. The zero-order valence-electron chi connectivity index (χ0n) is 10.7. The van der Waals surface area contributed by atoms with Crippen LogP contribution in [0, 0.1) is 5.92 Å². The lowest BCUT2D eigenvalue weighted by atomic mass is 10.0. The van der Waals surface area contributed by atoms with Crippen LogP contribution in [0.15, 0.2) is 0 Å². The fourth-order valence-electron chi connectivity index (χ4n) is 2.29. The maximum atomic E-state index is 12.8. The number of likely N-dealkylation sites (tertiary alicyclic amines) is 1. The fraction of sp³-hybridized carbons (Fsp3) is 0.909. The first-order valence-corrected chi connectivity index (χ1v) is 6.37. The molecule has 1 saturated heterocycles. The van der Waals surface area contributed by atoms with Crippen LogP contribution >= 0.6 is 12.2 Å². The number of halogens is 3. The summed E-state index contributed by atoms with van der Waals surface area (Å²) in [6.45, 7) is 1.64. The van der Waals surface area contributed by atoms with Crippen molar-refractivity contribution in [3.05, 3.63) is 0 Å². The van der Waals surface area contributed by atoms with Gasteiger partial charge in [-0.3, -0.25) is 0 Å². The average molecular weight is 283 g/mol. The van der Waals surface area contributed by atoms with Gasteiger partial charge in [0.15, 0.2) is 0 Å². The molecular weight excluding hydrogens is 263 g/mol. The fourth-order valence-corrected chi connectivity index (χ4v) is 2.50. The van der Waals surface area contributed by atoms with Crippen molar-refractivity contribution in [3.8, 4) is 0 Å². The number of hydrogen-bond acceptors (Lipinski definition) is 3. The van der Waals surface area contributed by atoms with Gasteiger partial charge in [0.2, 0.25) is 0 Å². The SMILES string of the molecule is CN1CCCC(N(C)CC(C(N)=S)C(F)(F)F)C1. The highest BCUT2D eigenvalue weighted by molar-refractivity contribution is 7.80. The average Bonchev–Trinajstić information content (AvgIpc) is 2.23. The van der Waals surface area contributed by atoms with Gasteiger partial charge in [-0.1, -0.05) is 12.2 Å². The number of piperidine rings is 1. The minimum absolute atomic E-state index is 0.142. The quantitative estimate of drug-likeness (QED) is 0.792. The number of hydrogen-bond donors (Lipinski definition) is 1. The van der Waals surface area contributed by atoms with E-state index >= 15 is 0 Å². The van der Waals surface area contributed by atoms with Gasteiger partial charge < -0.3 is 15.5 Å². The van der Waals surface area contributed by atoms with E-state index in [1.807, 2.05) is 7.05 Å². The van der Waals surface area contributed by atoms with Crippen LogP contribution in [0.25, 0.3) is 0 Å². The molecule has 0 amide bonds. The van der Waals surface area contributed by atoms with Crippen molar-refractivity contribution in [2.45, 2.75) is 25.1 Å². The molecule has 2 unspecified atom stereocenters. The molecule has 1 fully saturated rings. The summed E-state index contributed by atoms with van der Waals surface area (Å²) >= 11 is 4.53. The Morgan fingerprint density at radius 1 is 1.56 bits per heavy atom. The van der Waals surface area contributed by atoms with Crippen molar-refractivity contribution < 1.29 is 13.2 Å². The van der Waals surface area contributed by atoms with E-state index in [9.17, 15) is 13.2 Å². The molecule has 1 heterocycles. The summed E-state index contributed by atoms with van der Waals surface area (Å²) in [4.78, 5) is 3.39. The number of thiocarbonyl (C=S) groups is 1. The van der Waals surface area contributed by atoms with Gasteiger partial charge in [-0.15, -0.1) is 0 Å². The Labute approximate surface area is 111 Å². The third-order valence-electron chi connectivity index (χ3n) is 3.43. The van der Waals surface area contributed by atoms with Gasteiger partial charge in [0.1, 0.15) is 5.92 Å². The van der Waals surface area contributed by atoms with Gasteiger partial charge in [0.25, 0.3) is 0 Å². The second kappa shape index (κ2) is 6.16. The Hall–Kier alpha value is -0.400. The minimum atomic E-state index is -4.36. The molecule has 0 spiro atoms. The molecule has 0 aromatic rings. The van der Waals surface area contributed by atoms with Gasteiger partial charge in [0, 0.05) is 19.1 Å². The van der Waals surface area contributed by atoms with Crippen LogP contribution in [-0.2, 0) is 0 Å². The predicted octanol–water partition coefficient (Wildman–Crippen LogP) is 1.48. The highest BCUT2D eigenvalue weighted by atomic mass is 32.1. The first-order valence-electron chi connectivity index (χ1n) is 5.96. The molecule has 0 aromatic carbocycles. The third-order valence-corrected chi connectivity index (χ3v) is 3.72. The molecular formula is C11H20F3N3S. The van der Waals surface area contributed by atoms with Gasteiger partial charge >= 0.3 is 6.18 Å². The second-order valence-corrected chi connectivity index (χ2v) is 5.47. The van der Waals surface area contributed by atoms with E-state index in [2.05, 4.69) is 17.1 Å². The standard InChI is InChI=1S/C11H20F3N3S/c1-16-5-3-4-8(6-16)17(2)7-9(10(15)18)11(12,13)14/h8-9H,3-7H2,1-2H3,(H2,15,18).